The number of aldehydes is 1. The van der Waals surface area contributed by atoms with Crippen LogP contribution in [0.3, 0.4) is 0 Å². The van der Waals surface area contributed by atoms with Gasteiger partial charge in [-0.25, -0.2) is 4.57 Å². The van der Waals surface area contributed by atoms with Crippen molar-refractivity contribution in [1.29, 1.82) is 0 Å². The number of rotatable bonds is 8. The largest absolute Gasteiger partial charge is 0.389 e. The van der Waals surface area contributed by atoms with E-state index in [9.17, 15) is 9.36 Å². The van der Waals surface area contributed by atoms with Gasteiger partial charge in [0.25, 0.3) is 0 Å². The second-order valence-corrected chi connectivity index (χ2v) is 6.26. The first-order valence-corrected chi connectivity index (χ1v) is 7.45. The first-order valence-electron chi connectivity index (χ1n) is 4.32. The molecule has 0 rings (SSSR count). The van der Waals surface area contributed by atoms with Gasteiger partial charge in [-0.05, 0) is 31.3 Å². The SMILES string of the molecule is CCOP(=O)(OCC)SC/C=C/C=O. The van der Waals surface area contributed by atoms with E-state index in [2.05, 4.69) is 0 Å². The summed E-state index contributed by atoms with van der Waals surface area (Å²) in [5.41, 5.74) is 0. The Kier molecular flexibility index (Phi) is 8.18. The fraction of sp³-hybridized carbons (Fsp3) is 0.625. The monoisotopic (exact) mass is 238 g/mol. The minimum Gasteiger partial charge on any atom is -0.301 e. The van der Waals surface area contributed by atoms with Crippen molar-refractivity contribution in [2.24, 2.45) is 0 Å². The molecule has 0 atom stereocenters. The molecular formula is C8H15O4PS. The smallest absolute Gasteiger partial charge is 0.301 e. The maximum absolute atomic E-state index is 11.8. The summed E-state index contributed by atoms with van der Waals surface area (Å²) in [5, 5.41) is 0. The molecule has 0 fully saturated rings. The average Bonchev–Trinajstić information content (AvgIpc) is 2.13. The van der Waals surface area contributed by atoms with E-state index in [1.807, 2.05) is 0 Å². The molecule has 0 aromatic heterocycles. The Hall–Kier alpha value is -0.0900. The molecule has 0 aliphatic heterocycles. The van der Waals surface area contributed by atoms with Gasteiger partial charge in [0.05, 0.1) is 13.2 Å². The molecule has 0 saturated carbocycles. The highest BCUT2D eigenvalue weighted by molar-refractivity contribution is 8.55. The molecule has 0 aromatic rings. The molecule has 0 aromatic carbocycles. The van der Waals surface area contributed by atoms with Gasteiger partial charge in [0, 0.05) is 5.75 Å². The predicted octanol–water partition coefficient (Wildman–Crippen LogP) is 2.66. The van der Waals surface area contributed by atoms with Crippen LogP contribution in [0.4, 0.5) is 0 Å². The van der Waals surface area contributed by atoms with E-state index in [0.717, 1.165) is 11.4 Å². The van der Waals surface area contributed by atoms with E-state index in [1.165, 1.54) is 6.08 Å². The van der Waals surface area contributed by atoms with Gasteiger partial charge in [0.1, 0.15) is 6.29 Å². The highest BCUT2D eigenvalue weighted by Gasteiger charge is 2.23. The number of carbonyl (C=O) groups is 1. The summed E-state index contributed by atoms with van der Waals surface area (Å²) in [6, 6.07) is 0. The summed E-state index contributed by atoms with van der Waals surface area (Å²) in [7, 11) is 0. The lowest BCUT2D eigenvalue weighted by molar-refractivity contribution is -0.104. The standard InChI is InChI=1S/C8H15O4PS/c1-3-11-13(10,12-4-2)14-8-6-5-7-9/h5-7H,3-4,8H2,1-2H3/b6-5+. The number of carbonyl (C=O) groups excluding carboxylic acids is 1. The predicted molar refractivity (Wildman–Crippen MR) is 58.5 cm³/mol. The highest BCUT2D eigenvalue weighted by Crippen LogP contribution is 2.60. The molecule has 0 aliphatic carbocycles. The van der Waals surface area contributed by atoms with E-state index in [1.54, 1.807) is 19.9 Å². The van der Waals surface area contributed by atoms with Crippen molar-refractivity contribution in [1.82, 2.24) is 0 Å². The zero-order chi connectivity index (χ0) is 10.9. The Morgan fingerprint density at radius 3 is 2.29 bits per heavy atom. The zero-order valence-electron chi connectivity index (χ0n) is 8.34. The summed E-state index contributed by atoms with van der Waals surface area (Å²) < 4.78 is 21.8. The molecule has 4 nitrogen and oxygen atoms in total. The van der Waals surface area contributed by atoms with Crippen molar-refractivity contribution >= 4 is 24.5 Å². The third-order valence-electron chi connectivity index (χ3n) is 1.12. The van der Waals surface area contributed by atoms with Crippen molar-refractivity contribution in [3.05, 3.63) is 12.2 Å². The fourth-order valence-electron chi connectivity index (χ4n) is 0.673. The summed E-state index contributed by atoms with van der Waals surface area (Å²) in [4.78, 5) is 9.95. The van der Waals surface area contributed by atoms with Crippen LogP contribution in [0.25, 0.3) is 0 Å². The van der Waals surface area contributed by atoms with Crippen molar-refractivity contribution in [2.75, 3.05) is 19.0 Å². The Morgan fingerprint density at radius 2 is 1.86 bits per heavy atom. The van der Waals surface area contributed by atoms with Crippen LogP contribution in [0.2, 0.25) is 0 Å². The molecule has 0 spiro atoms. The van der Waals surface area contributed by atoms with E-state index < -0.39 is 6.80 Å². The number of hydrogen-bond acceptors (Lipinski definition) is 5. The fourth-order valence-corrected chi connectivity index (χ4v) is 3.79. The summed E-state index contributed by atoms with van der Waals surface area (Å²) in [6.45, 7) is 1.20. The molecule has 82 valence electrons. The normalized spacial score (nSPS) is 12.1. The lowest BCUT2D eigenvalue weighted by atomic mass is 10.6. The van der Waals surface area contributed by atoms with E-state index >= 15 is 0 Å². The van der Waals surface area contributed by atoms with Gasteiger partial charge >= 0.3 is 6.80 Å². The number of allylic oxidation sites excluding steroid dienone is 1. The van der Waals surface area contributed by atoms with Gasteiger partial charge in [0.15, 0.2) is 0 Å². The minimum atomic E-state index is -3.01. The molecule has 0 N–H and O–H groups in total. The molecule has 0 amide bonds. The van der Waals surface area contributed by atoms with Gasteiger partial charge in [-0.15, -0.1) is 0 Å². The van der Waals surface area contributed by atoms with Gasteiger partial charge in [-0.1, -0.05) is 6.08 Å². The van der Waals surface area contributed by atoms with Gasteiger partial charge in [-0.2, -0.15) is 0 Å². The van der Waals surface area contributed by atoms with E-state index in [0.29, 0.717) is 25.3 Å². The van der Waals surface area contributed by atoms with Crippen LogP contribution >= 0.6 is 18.2 Å². The molecule has 0 heterocycles. The quantitative estimate of drug-likeness (QED) is 0.369. The Balaban J connectivity index is 4.01. The highest BCUT2D eigenvalue weighted by atomic mass is 32.7. The Labute approximate surface area is 88.3 Å². The molecule has 14 heavy (non-hydrogen) atoms. The van der Waals surface area contributed by atoms with Crippen LogP contribution in [0.15, 0.2) is 12.2 Å². The van der Waals surface area contributed by atoms with Crippen molar-refractivity contribution in [2.45, 2.75) is 13.8 Å². The number of hydrogen-bond donors (Lipinski definition) is 0. The molecule has 0 unspecified atom stereocenters. The lowest BCUT2D eigenvalue weighted by Gasteiger charge is -2.14. The van der Waals surface area contributed by atoms with Gasteiger partial charge in [-0.3, -0.25) is 4.79 Å². The van der Waals surface area contributed by atoms with Crippen LogP contribution in [-0.4, -0.2) is 25.3 Å². The average molecular weight is 238 g/mol. The van der Waals surface area contributed by atoms with Crippen LogP contribution in [0.1, 0.15) is 13.8 Å². The first kappa shape index (κ1) is 13.9. The zero-order valence-corrected chi connectivity index (χ0v) is 10.1. The van der Waals surface area contributed by atoms with Crippen molar-refractivity contribution in [3.63, 3.8) is 0 Å². The van der Waals surface area contributed by atoms with Crippen LogP contribution in [-0.2, 0) is 18.4 Å². The summed E-state index contributed by atoms with van der Waals surface area (Å²) in [5.74, 6) is 0.440. The second kappa shape index (κ2) is 8.24. The summed E-state index contributed by atoms with van der Waals surface area (Å²) >= 11 is 1.08. The molecule has 0 bridgehead atoms. The van der Waals surface area contributed by atoms with Gasteiger partial charge < -0.3 is 9.05 Å². The molecule has 0 saturated heterocycles. The second-order valence-electron chi connectivity index (χ2n) is 2.14. The van der Waals surface area contributed by atoms with Crippen LogP contribution < -0.4 is 0 Å². The minimum absolute atomic E-state index is 0.349. The van der Waals surface area contributed by atoms with Crippen LogP contribution in [0, 0.1) is 0 Å². The topological polar surface area (TPSA) is 52.6 Å². The van der Waals surface area contributed by atoms with Crippen molar-refractivity contribution < 1.29 is 18.4 Å². The summed E-state index contributed by atoms with van der Waals surface area (Å²) in [6.07, 6.45) is 3.64. The Morgan fingerprint density at radius 1 is 1.29 bits per heavy atom. The molecule has 0 aliphatic rings. The van der Waals surface area contributed by atoms with Crippen LogP contribution in [0.5, 0.6) is 0 Å². The molecule has 6 heteroatoms. The van der Waals surface area contributed by atoms with Gasteiger partial charge in [0.2, 0.25) is 0 Å². The maximum Gasteiger partial charge on any atom is 0.389 e. The lowest BCUT2D eigenvalue weighted by Crippen LogP contribution is -1.92. The molecule has 0 radical (unpaired) electrons. The molecular weight excluding hydrogens is 223 g/mol. The van der Waals surface area contributed by atoms with E-state index in [-0.39, 0.29) is 0 Å². The van der Waals surface area contributed by atoms with Crippen molar-refractivity contribution in [3.8, 4) is 0 Å². The third-order valence-corrected chi connectivity index (χ3v) is 4.95. The Bertz CT molecular complexity index is 219. The maximum atomic E-state index is 11.8. The van der Waals surface area contributed by atoms with E-state index in [4.69, 9.17) is 9.05 Å². The third kappa shape index (κ3) is 6.38. The first-order chi connectivity index (χ1) is 6.68.